The van der Waals surface area contributed by atoms with E-state index in [0.29, 0.717) is 78.0 Å². The summed E-state index contributed by atoms with van der Waals surface area (Å²) in [6.45, 7) is 4.93. The summed E-state index contributed by atoms with van der Waals surface area (Å²) in [5.41, 5.74) is 6.38. The van der Waals surface area contributed by atoms with E-state index in [9.17, 15) is 9.59 Å². The van der Waals surface area contributed by atoms with E-state index in [1.165, 1.54) is 0 Å². The highest BCUT2D eigenvalue weighted by atomic mass is 35.5. The number of nitrogens with zero attached hydrogens (tertiary/aromatic N) is 7. The van der Waals surface area contributed by atoms with Crippen molar-refractivity contribution < 1.29 is 14.1 Å². The number of anilines is 2. The highest BCUT2D eigenvalue weighted by molar-refractivity contribution is 6.33. The molecule has 11 heteroatoms. The molecule has 51 heavy (non-hydrogen) atoms. The molecule has 254 valence electrons. The van der Waals surface area contributed by atoms with Crippen LogP contribution in [-0.2, 0) is 13.1 Å². The van der Waals surface area contributed by atoms with Crippen LogP contribution in [0.1, 0.15) is 43.3 Å². The second-order valence-corrected chi connectivity index (χ2v) is 12.7. The average molecular weight is 696 g/mol. The summed E-state index contributed by atoms with van der Waals surface area (Å²) in [6.07, 6.45) is 3.54. The first-order chi connectivity index (χ1) is 24.9. The third-order valence-corrected chi connectivity index (χ3v) is 9.45. The van der Waals surface area contributed by atoms with Gasteiger partial charge in [0.15, 0.2) is 0 Å². The number of nitriles is 1. The number of piperazine rings is 1. The second kappa shape index (κ2) is 14.7. The number of hydrogen-bond donors (Lipinski definition) is 0. The molecule has 0 spiro atoms. The fourth-order valence-electron chi connectivity index (χ4n) is 6.31. The van der Waals surface area contributed by atoms with Gasteiger partial charge in [-0.25, -0.2) is 4.98 Å². The van der Waals surface area contributed by atoms with Crippen molar-refractivity contribution in [2.45, 2.75) is 20.0 Å². The van der Waals surface area contributed by atoms with Gasteiger partial charge in [0.1, 0.15) is 17.0 Å². The topological polar surface area (TPSA) is 112 Å². The Hall–Kier alpha value is -6.18. The molecule has 0 unspecified atom stereocenters. The zero-order valence-corrected chi connectivity index (χ0v) is 28.7. The number of aryl methyl sites for hydroxylation is 1. The Morgan fingerprint density at radius 2 is 1.61 bits per heavy atom. The average Bonchev–Trinajstić information content (AvgIpc) is 3.79. The Labute approximate surface area is 300 Å². The van der Waals surface area contributed by atoms with Gasteiger partial charge < -0.3 is 23.8 Å². The maximum Gasteiger partial charge on any atom is 0.259 e. The van der Waals surface area contributed by atoms with Gasteiger partial charge in [0.2, 0.25) is 0 Å². The van der Waals surface area contributed by atoms with Crippen molar-refractivity contribution in [2.24, 2.45) is 0 Å². The van der Waals surface area contributed by atoms with Gasteiger partial charge in [-0.05, 0) is 67.1 Å². The van der Waals surface area contributed by atoms with Crippen LogP contribution in [-0.4, -0.2) is 57.6 Å². The fraction of sp³-hybridized carbons (Fsp3) is 0.175. The largest absolute Gasteiger partial charge is 0.368 e. The van der Waals surface area contributed by atoms with E-state index in [1.807, 2.05) is 94.4 Å². The lowest BCUT2D eigenvalue weighted by atomic mass is 10.0. The highest BCUT2D eigenvalue weighted by Gasteiger charge is 2.29. The van der Waals surface area contributed by atoms with E-state index in [1.54, 1.807) is 42.5 Å². The number of rotatable bonds is 9. The number of carbonyl (C=O) groups is 2. The number of benzene rings is 4. The number of aromatic nitrogens is 3. The Balaban J connectivity index is 1.07. The number of halogens is 1. The molecule has 1 aliphatic rings. The molecule has 0 radical (unpaired) electrons. The molecule has 1 saturated heterocycles. The minimum atomic E-state index is -0.132. The van der Waals surface area contributed by atoms with Crippen molar-refractivity contribution >= 4 is 34.8 Å². The van der Waals surface area contributed by atoms with E-state index >= 15 is 0 Å². The third kappa shape index (κ3) is 7.11. The maximum absolute atomic E-state index is 14.0. The molecule has 4 aromatic carbocycles. The normalized spacial score (nSPS) is 12.8. The molecule has 1 fully saturated rings. The van der Waals surface area contributed by atoms with Crippen molar-refractivity contribution in [1.82, 2.24) is 19.6 Å². The quantitative estimate of drug-likeness (QED) is 0.157. The zero-order valence-electron chi connectivity index (χ0n) is 27.9. The van der Waals surface area contributed by atoms with Crippen LogP contribution >= 0.6 is 11.6 Å². The van der Waals surface area contributed by atoms with Gasteiger partial charge in [-0.2, -0.15) is 5.26 Å². The molecule has 2 amide bonds. The predicted octanol–water partition coefficient (Wildman–Crippen LogP) is 7.23. The van der Waals surface area contributed by atoms with Crippen LogP contribution in [0.25, 0.3) is 11.3 Å². The molecule has 0 atom stereocenters. The SMILES string of the molecule is Cc1onc(-c2ccccc2Cl)c1C(=O)N1CCN(c2ccc(N(Cc3cncn3Cc3ccc(C#N)cc3)C(=O)c3ccccc3)cc2)CC1. The van der Waals surface area contributed by atoms with E-state index in [2.05, 4.69) is 21.1 Å². The predicted molar refractivity (Wildman–Crippen MR) is 196 cm³/mol. The van der Waals surface area contributed by atoms with Gasteiger partial charge in [0.05, 0.1) is 35.2 Å². The second-order valence-electron chi connectivity index (χ2n) is 12.3. The monoisotopic (exact) mass is 695 g/mol. The first-order valence-corrected chi connectivity index (χ1v) is 17.0. The van der Waals surface area contributed by atoms with Gasteiger partial charge in [-0.15, -0.1) is 0 Å². The van der Waals surface area contributed by atoms with E-state index in [0.717, 1.165) is 22.6 Å². The van der Waals surface area contributed by atoms with Crippen molar-refractivity contribution in [3.8, 4) is 17.3 Å². The Morgan fingerprint density at radius 1 is 0.902 bits per heavy atom. The van der Waals surface area contributed by atoms with Crippen molar-refractivity contribution in [1.29, 1.82) is 5.26 Å². The summed E-state index contributed by atoms with van der Waals surface area (Å²) >= 11 is 6.43. The molecule has 2 aromatic heterocycles. The van der Waals surface area contributed by atoms with E-state index in [4.69, 9.17) is 21.4 Å². The lowest BCUT2D eigenvalue weighted by Gasteiger charge is -2.36. The summed E-state index contributed by atoms with van der Waals surface area (Å²) in [5, 5.41) is 13.8. The number of hydrogen-bond acceptors (Lipinski definition) is 7. The number of amides is 2. The Kier molecular flexibility index (Phi) is 9.63. The van der Waals surface area contributed by atoms with Gasteiger partial charge in [0, 0.05) is 61.4 Å². The van der Waals surface area contributed by atoms with Crippen molar-refractivity contribution in [3.63, 3.8) is 0 Å². The zero-order chi connectivity index (χ0) is 35.3. The van der Waals surface area contributed by atoms with Crippen LogP contribution in [0.5, 0.6) is 0 Å². The molecule has 7 rings (SSSR count). The standard InChI is InChI=1S/C40H34ClN7O3/c1-28-37(38(44-51-28)35-9-5-6-10-36(35)41)40(50)46-21-19-45(20-22-46)32-15-17-33(18-16-32)48(39(49)31-7-3-2-4-8-31)26-34-24-43-27-47(34)25-30-13-11-29(23-42)12-14-30/h2-18,24,27H,19-22,25-26H2,1H3. The Morgan fingerprint density at radius 3 is 2.31 bits per heavy atom. The van der Waals surface area contributed by atoms with Crippen LogP contribution < -0.4 is 9.80 Å². The fourth-order valence-corrected chi connectivity index (χ4v) is 6.54. The molecule has 0 aliphatic carbocycles. The minimum absolute atomic E-state index is 0.123. The molecule has 1 aliphatic heterocycles. The minimum Gasteiger partial charge on any atom is -0.368 e. The first-order valence-electron chi connectivity index (χ1n) is 16.6. The van der Waals surface area contributed by atoms with Gasteiger partial charge >= 0.3 is 0 Å². The van der Waals surface area contributed by atoms with E-state index < -0.39 is 0 Å². The lowest BCUT2D eigenvalue weighted by Crippen LogP contribution is -2.49. The van der Waals surface area contributed by atoms with Gasteiger partial charge in [-0.1, -0.05) is 65.3 Å². The molecule has 0 saturated carbocycles. The molecule has 10 nitrogen and oxygen atoms in total. The molecular weight excluding hydrogens is 662 g/mol. The summed E-state index contributed by atoms with van der Waals surface area (Å²) in [6, 6.07) is 34.1. The number of carbonyl (C=O) groups excluding carboxylic acids is 2. The highest BCUT2D eigenvalue weighted by Crippen LogP contribution is 2.32. The Bertz CT molecular complexity index is 2200. The number of imidazole rings is 1. The lowest BCUT2D eigenvalue weighted by molar-refractivity contribution is 0.0745. The van der Waals surface area contributed by atoms with Crippen LogP contribution in [0, 0.1) is 18.3 Å². The molecule has 0 bridgehead atoms. The third-order valence-electron chi connectivity index (χ3n) is 9.12. The van der Waals surface area contributed by atoms with Crippen molar-refractivity contribution in [3.05, 3.63) is 154 Å². The summed E-state index contributed by atoms with van der Waals surface area (Å²) < 4.78 is 7.46. The van der Waals surface area contributed by atoms with Crippen LogP contribution in [0.3, 0.4) is 0 Å². The summed E-state index contributed by atoms with van der Waals surface area (Å²) in [4.78, 5) is 37.9. The summed E-state index contributed by atoms with van der Waals surface area (Å²) in [7, 11) is 0. The first kappa shape index (κ1) is 33.3. The van der Waals surface area contributed by atoms with Gasteiger partial charge in [0.25, 0.3) is 11.8 Å². The van der Waals surface area contributed by atoms with Crippen LogP contribution in [0.15, 0.2) is 120 Å². The molecule has 3 heterocycles. The van der Waals surface area contributed by atoms with Crippen molar-refractivity contribution in [2.75, 3.05) is 36.0 Å². The maximum atomic E-state index is 14.0. The van der Waals surface area contributed by atoms with Crippen LogP contribution in [0.2, 0.25) is 5.02 Å². The summed E-state index contributed by atoms with van der Waals surface area (Å²) in [5.74, 6) is 0.203. The molecule has 0 N–H and O–H groups in total. The molecular formula is C40H34ClN7O3. The van der Waals surface area contributed by atoms with Crippen LogP contribution in [0.4, 0.5) is 11.4 Å². The van der Waals surface area contributed by atoms with Gasteiger partial charge in [-0.3, -0.25) is 9.59 Å². The smallest absolute Gasteiger partial charge is 0.259 e. The van der Waals surface area contributed by atoms with E-state index in [-0.39, 0.29) is 11.8 Å². The molecule has 6 aromatic rings.